The third-order valence-electron chi connectivity index (χ3n) is 5.25. The summed E-state index contributed by atoms with van der Waals surface area (Å²) in [6, 6.07) is 9.70. The highest BCUT2D eigenvalue weighted by molar-refractivity contribution is 5.61. The van der Waals surface area contributed by atoms with Crippen LogP contribution < -0.4 is 10.2 Å². The number of ether oxygens (including phenoxy) is 1. The second-order valence-electron chi connectivity index (χ2n) is 7.75. The Kier molecular flexibility index (Phi) is 4.21. The maximum Gasteiger partial charge on any atom is 0.254 e. The second-order valence-corrected chi connectivity index (χ2v) is 7.75. The summed E-state index contributed by atoms with van der Waals surface area (Å²) >= 11 is 0. The number of nitrogens with one attached hydrogen (secondary N) is 1. The van der Waals surface area contributed by atoms with E-state index in [0.717, 1.165) is 37.8 Å². The van der Waals surface area contributed by atoms with Crippen LogP contribution in [0.3, 0.4) is 0 Å². The number of benzene rings is 1. The summed E-state index contributed by atoms with van der Waals surface area (Å²) in [5, 5.41) is 17.3. The molecule has 1 atom stereocenters. The zero-order chi connectivity index (χ0) is 20.0. The molecule has 1 unspecified atom stereocenters. The van der Waals surface area contributed by atoms with Crippen molar-refractivity contribution in [1.82, 2.24) is 19.7 Å². The number of hydrogen-bond acceptors (Lipinski definition) is 7. The van der Waals surface area contributed by atoms with E-state index in [-0.39, 0.29) is 11.2 Å². The topological polar surface area (TPSA) is 88.3 Å². The van der Waals surface area contributed by atoms with Crippen molar-refractivity contribution in [3.8, 4) is 5.95 Å². The highest BCUT2D eigenvalue weighted by atomic mass is 19.1. The van der Waals surface area contributed by atoms with Crippen LogP contribution in [0.2, 0.25) is 0 Å². The zero-order valence-corrected chi connectivity index (χ0v) is 15.9. The van der Waals surface area contributed by atoms with E-state index in [2.05, 4.69) is 25.3 Å². The SMILES string of the molecule is CC(O)c1ccn(-c2nc(Nc3ccc(F)cc3)cc(N3CC4(COC4)C3)n2)n1. The van der Waals surface area contributed by atoms with Gasteiger partial charge in [-0.2, -0.15) is 15.1 Å². The normalized spacial score (nSPS) is 18.2. The molecule has 2 saturated heterocycles. The van der Waals surface area contributed by atoms with Gasteiger partial charge >= 0.3 is 0 Å². The van der Waals surface area contributed by atoms with Crippen molar-refractivity contribution < 1.29 is 14.2 Å². The van der Waals surface area contributed by atoms with Crippen LogP contribution in [0.25, 0.3) is 5.95 Å². The Bertz CT molecular complexity index is 1020. The monoisotopic (exact) mass is 396 g/mol. The minimum Gasteiger partial charge on any atom is -0.387 e. The molecule has 2 aliphatic rings. The molecule has 1 spiro atoms. The van der Waals surface area contributed by atoms with Gasteiger partial charge in [0.1, 0.15) is 17.5 Å². The lowest BCUT2D eigenvalue weighted by atomic mass is 9.78. The molecule has 8 nitrogen and oxygen atoms in total. The standard InChI is InChI=1S/C20H21FN6O2/c1-13(28)16-6-7-27(25-16)19-23-17(22-15-4-2-14(21)3-5-15)8-18(24-19)26-9-20(10-26)11-29-12-20/h2-8,13,28H,9-12H2,1H3,(H,22,23,24). The van der Waals surface area contributed by atoms with Gasteiger partial charge in [-0.3, -0.25) is 0 Å². The van der Waals surface area contributed by atoms with E-state index in [9.17, 15) is 9.50 Å². The van der Waals surface area contributed by atoms with Crippen molar-refractivity contribution in [2.24, 2.45) is 5.41 Å². The lowest BCUT2D eigenvalue weighted by Crippen LogP contribution is -2.66. The van der Waals surface area contributed by atoms with Crippen LogP contribution in [-0.2, 0) is 4.74 Å². The van der Waals surface area contributed by atoms with Crippen molar-refractivity contribution in [1.29, 1.82) is 0 Å². The molecule has 0 aliphatic carbocycles. The molecule has 0 saturated carbocycles. The fourth-order valence-corrected chi connectivity index (χ4v) is 3.60. The van der Waals surface area contributed by atoms with Crippen molar-refractivity contribution in [3.05, 3.63) is 54.1 Å². The van der Waals surface area contributed by atoms with Crippen LogP contribution in [0.1, 0.15) is 18.7 Å². The number of aromatic nitrogens is 4. The van der Waals surface area contributed by atoms with E-state index in [1.54, 1.807) is 36.0 Å². The molecule has 1 aromatic carbocycles. The Morgan fingerprint density at radius 1 is 1.17 bits per heavy atom. The van der Waals surface area contributed by atoms with Crippen molar-refractivity contribution >= 4 is 17.3 Å². The van der Waals surface area contributed by atoms with Gasteiger partial charge in [0, 0.05) is 31.0 Å². The summed E-state index contributed by atoms with van der Waals surface area (Å²) in [6.07, 6.45) is 1.05. The molecule has 4 heterocycles. The van der Waals surface area contributed by atoms with E-state index in [1.165, 1.54) is 12.1 Å². The first-order chi connectivity index (χ1) is 14.0. The summed E-state index contributed by atoms with van der Waals surface area (Å²) in [6.45, 7) is 5.01. The van der Waals surface area contributed by atoms with Crippen molar-refractivity contribution in [2.75, 3.05) is 36.5 Å². The van der Waals surface area contributed by atoms with Crippen LogP contribution in [-0.4, -0.2) is 51.2 Å². The van der Waals surface area contributed by atoms with E-state index < -0.39 is 6.10 Å². The Morgan fingerprint density at radius 3 is 2.55 bits per heavy atom. The van der Waals surface area contributed by atoms with E-state index >= 15 is 0 Å². The molecular weight excluding hydrogens is 375 g/mol. The molecule has 2 fully saturated rings. The third kappa shape index (κ3) is 3.43. The summed E-state index contributed by atoms with van der Waals surface area (Å²) in [4.78, 5) is 11.4. The molecule has 2 aliphatic heterocycles. The molecule has 5 rings (SSSR count). The van der Waals surface area contributed by atoms with Gasteiger partial charge in [0.15, 0.2) is 0 Å². The van der Waals surface area contributed by atoms with Gasteiger partial charge in [-0.15, -0.1) is 0 Å². The Hall–Kier alpha value is -3.04. The number of nitrogens with zero attached hydrogens (tertiary/aromatic N) is 5. The Balaban J connectivity index is 1.47. The quantitative estimate of drug-likeness (QED) is 0.685. The average Bonchev–Trinajstić information content (AvgIpc) is 3.12. The molecule has 9 heteroatoms. The first-order valence-corrected chi connectivity index (χ1v) is 9.48. The number of aliphatic hydroxyl groups is 1. The lowest BCUT2D eigenvalue weighted by molar-refractivity contribution is -0.127. The highest BCUT2D eigenvalue weighted by Gasteiger charge is 2.49. The number of aliphatic hydroxyl groups excluding tert-OH is 1. The van der Waals surface area contributed by atoms with Gasteiger partial charge < -0.3 is 20.1 Å². The van der Waals surface area contributed by atoms with Crippen LogP contribution in [0.5, 0.6) is 0 Å². The molecule has 0 radical (unpaired) electrons. The fourth-order valence-electron chi connectivity index (χ4n) is 3.60. The van der Waals surface area contributed by atoms with E-state index in [4.69, 9.17) is 4.74 Å². The smallest absolute Gasteiger partial charge is 0.254 e. The van der Waals surface area contributed by atoms with Crippen LogP contribution in [0.15, 0.2) is 42.6 Å². The summed E-state index contributed by atoms with van der Waals surface area (Å²) < 4.78 is 20.1. The zero-order valence-electron chi connectivity index (χ0n) is 15.9. The van der Waals surface area contributed by atoms with Gasteiger partial charge in [-0.05, 0) is 37.3 Å². The average molecular weight is 396 g/mol. The Morgan fingerprint density at radius 2 is 1.93 bits per heavy atom. The highest BCUT2D eigenvalue weighted by Crippen LogP contribution is 2.40. The molecule has 2 aromatic heterocycles. The lowest BCUT2D eigenvalue weighted by Gasteiger charge is -2.55. The predicted molar refractivity (Wildman–Crippen MR) is 105 cm³/mol. The first kappa shape index (κ1) is 18.0. The molecular formula is C20H21FN6O2. The maximum atomic E-state index is 13.2. The molecule has 150 valence electrons. The van der Waals surface area contributed by atoms with Crippen molar-refractivity contribution in [2.45, 2.75) is 13.0 Å². The molecule has 2 N–H and O–H groups in total. The summed E-state index contributed by atoms with van der Waals surface area (Å²) in [5.41, 5.74) is 1.52. The molecule has 0 bridgehead atoms. The largest absolute Gasteiger partial charge is 0.387 e. The number of halogens is 1. The van der Waals surface area contributed by atoms with Crippen molar-refractivity contribution in [3.63, 3.8) is 0 Å². The van der Waals surface area contributed by atoms with E-state index in [1.807, 2.05) is 6.07 Å². The molecule has 3 aromatic rings. The minimum atomic E-state index is -0.676. The maximum absolute atomic E-state index is 13.2. The van der Waals surface area contributed by atoms with Crippen LogP contribution >= 0.6 is 0 Å². The Labute approximate surface area is 167 Å². The fraction of sp³-hybridized carbons (Fsp3) is 0.350. The van der Waals surface area contributed by atoms with Gasteiger partial charge in [-0.1, -0.05) is 0 Å². The number of rotatable bonds is 5. The third-order valence-corrected chi connectivity index (χ3v) is 5.25. The summed E-state index contributed by atoms with van der Waals surface area (Å²) in [7, 11) is 0. The summed E-state index contributed by atoms with van der Waals surface area (Å²) in [5.74, 6) is 1.46. The van der Waals surface area contributed by atoms with Gasteiger partial charge in [0.25, 0.3) is 5.95 Å². The predicted octanol–water partition coefficient (Wildman–Crippen LogP) is 2.43. The molecule has 29 heavy (non-hydrogen) atoms. The minimum absolute atomic E-state index is 0.251. The second kappa shape index (κ2) is 6.78. The number of hydrogen-bond donors (Lipinski definition) is 2. The first-order valence-electron chi connectivity index (χ1n) is 9.48. The number of anilines is 3. The van der Waals surface area contributed by atoms with Crippen LogP contribution in [0, 0.1) is 11.2 Å². The van der Waals surface area contributed by atoms with E-state index in [0.29, 0.717) is 17.5 Å². The van der Waals surface area contributed by atoms with Gasteiger partial charge in [-0.25, -0.2) is 9.07 Å². The van der Waals surface area contributed by atoms with Crippen LogP contribution in [0.4, 0.5) is 21.7 Å². The van der Waals surface area contributed by atoms with Gasteiger partial charge in [0.05, 0.1) is 30.4 Å². The van der Waals surface area contributed by atoms with Gasteiger partial charge in [0.2, 0.25) is 0 Å². The molecule has 0 amide bonds.